The number of hydrogen-bond donors (Lipinski definition) is 0. The monoisotopic (exact) mass is 425 g/mol. The summed E-state index contributed by atoms with van der Waals surface area (Å²) in [5.41, 5.74) is 4.70. The Bertz CT molecular complexity index is 901. The summed E-state index contributed by atoms with van der Waals surface area (Å²) in [5.74, 6) is 1.23. The largest absolute Gasteiger partial charge is 0.493 e. The van der Waals surface area contributed by atoms with E-state index in [-0.39, 0.29) is 17.5 Å². The van der Waals surface area contributed by atoms with Gasteiger partial charge in [0.2, 0.25) is 0 Å². The van der Waals surface area contributed by atoms with Gasteiger partial charge in [-0.15, -0.1) is 0 Å². The quantitative estimate of drug-likeness (QED) is 0.612. The molecule has 6 nitrogen and oxygen atoms in total. The zero-order valence-electron chi connectivity index (χ0n) is 18.7. The summed E-state index contributed by atoms with van der Waals surface area (Å²) in [6, 6.07) is 5.74. The highest BCUT2D eigenvalue weighted by molar-refractivity contribution is 6.06. The molecule has 1 heterocycles. The Balaban J connectivity index is 1.88. The van der Waals surface area contributed by atoms with Crippen LogP contribution in [-0.4, -0.2) is 50.9 Å². The molecule has 1 aliphatic heterocycles. The number of Topliss-reactive ketones (excluding diaryl/α,β-unsaturated/α-hetero) is 2. The van der Waals surface area contributed by atoms with E-state index in [4.69, 9.17) is 14.2 Å². The van der Waals surface area contributed by atoms with Gasteiger partial charge < -0.3 is 19.1 Å². The lowest BCUT2D eigenvalue weighted by atomic mass is 9.71. The van der Waals surface area contributed by atoms with Gasteiger partial charge in [-0.2, -0.15) is 0 Å². The molecule has 0 aromatic heterocycles. The molecule has 31 heavy (non-hydrogen) atoms. The zero-order valence-corrected chi connectivity index (χ0v) is 18.7. The molecule has 0 saturated heterocycles. The molecule has 0 radical (unpaired) electrons. The third-order valence-electron chi connectivity index (χ3n) is 6.56. The Morgan fingerprint density at radius 2 is 1.48 bits per heavy atom. The second kappa shape index (κ2) is 9.27. The van der Waals surface area contributed by atoms with Crippen LogP contribution in [0.2, 0.25) is 0 Å². The maximum atomic E-state index is 13.2. The molecule has 3 aliphatic rings. The molecule has 0 amide bonds. The van der Waals surface area contributed by atoms with Crippen LogP contribution >= 0.6 is 0 Å². The second-order valence-electron chi connectivity index (χ2n) is 8.32. The Morgan fingerprint density at radius 1 is 0.871 bits per heavy atom. The van der Waals surface area contributed by atoms with Crippen molar-refractivity contribution in [3.63, 3.8) is 0 Å². The van der Waals surface area contributed by atoms with Gasteiger partial charge in [0.1, 0.15) is 0 Å². The van der Waals surface area contributed by atoms with Crippen LogP contribution in [0.4, 0.5) is 0 Å². The normalized spacial score (nSPS) is 19.5. The summed E-state index contributed by atoms with van der Waals surface area (Å²) >= 11 is 0. The number of benzene rings is 1. The van der Waals surface area contributed by atoms with Crippen molar-refractivity contribution in [2.45, 2.75) is 50.9 Å². The average Bonchev–Trinajstić information content (AvgIpc) is 2.79. The number of ketones is 2. The molecule has 0 atom stereocenters. The third kappa shape index (κ3) is 3.89. The Labute approximate surface area is 183 Å². The molecule has 166 valence electrons. The second-order valence-corrected chi connectivity index (χ2v) is 8.32. The van der Waals surface area contributed by atoms with Crippen LogP contribution in [0, 0.1) is 0 Å². The van der Waals surface area contributed by atoms with Gasteiger partial charge in [-0.1, -0.05) is 6.07 Å². The summed E-state index contributed by atoms with van der Waals surface area (Å²) in [4.78, 5) is 28.8. The van der Waals surface area contributed by atoms with Crippen LogP contribution in [0.1, 0.15) is 56.4 Å². The van der Waals surface area contributed by atoms with Gasteiger partial charge in [-0.25, -0.2) is 0 Å². The number of methoxy groups -OCH3 is 3. The van der Waals surface area contributed by atoms with E-state index in [1.807, 2.05) is 18.2 Å². The molecule has 0 spiro atoms. The maximum absolute atomic E-state index is 13.2. The van der Waals surface area contributed by atoms with Crippen LogP contribution in [-0.2, 0) is 14.3 Å². The van der Waals surface area contributed by atoms with Crippen molar-refractivity contribution >= 4 is 11.6 Å². The highest BCUT2D eigenvalue weighted by atomic mass is 16.5. The Hall–Kier alpha value is -2.60. The van der Waals surface area contributed by atoms with E-state index < -0.39 is 0 Å². The predicted octanol–water partition coefficient (Wildman–Crippen LogP) is 4.15. The lowest BCUT2D eigenvalue weighted by molar-refractivity contribution is -0.117. The number of carbonyl (C=O) groups excluding carboxylic acids is 2. The third-order valence-corrected chi connectivity index (χ3v) is 6.56. The number of nitrogens with zero attached hydrogens (tertiary/aromatic N) is 1. The van der Waals surface area contributed by atoms with Crippen molar-refractivity contribution in [1.82, 2.24) is 4.90 Å². The first-order valence-corrected chi connectivity index (χ1v) is 11.1. The summed E-state index contributed by atoms with van der Waals surface area (Å²) in [5, 5.41) is 0. The van der Waals surface area contributed by atoms with Crippen LogP contribution in [0.25, 0.3) is 0 Å². The van der Waals surface area contributed by atoms with Crippen molar-refractivity contribution in [1.29, 1.82) is 0 Å². The minimum absolute atomic E-state index is 0.155. The smallest absolute Gasteiger partial charge is 0.161 e. The van der Waals surface area contributed by atoms with Crippen molar-refractivity contribution < 1.29 is 23.8 Å². The molecule has 0 fully saturated rings. The van der Waals surface area contributed by atoms with E-state index in [0.717, 1.165) is 66.8 Å². The number of hydrogen-bond acceptors (Lipinski definition) is 6. The molecule has 0 bridgehead atoms. The van der Waals surface area contributed by atoms with E-state index in [1.165, 1.54) is 0 Å². The van der Waals surface area contributed by atoms with Gasteiger partial charge in [0.25, 0.3) is 0 Å². The summed E-state index contributed by atoms with van der Waals surface area (Å²) < 4.78 is 16.2. The number of ether oxygens (including phenoxy) is 3. The van der Waals surface area contributed by atoms with E-state index >= 15 is 0 Å². The minimum atomic E-state index is -0.330. The lowest BCUT2D eigenvalue weighted by Crippen LogP contribution is -2.39. The highest BCUT2D eigenvalue weighted by Gasteiger charge is 2.43. The molecule has 4 rings (SSSR count). The maximum Gasteiger partial charge on any atom is 0.161 e. The van der Waals surface area contributed by atoms with Crippen molar-refractivity contribution in [3.8, 4) is 11.5 Å². The predicted molar refractivity (Wildman–Crippen MR) is 117 cm³/mol. The number of carbonyl (C=O) groups is 2. The molecular formula is C25H31NO5. The number of rotatable bonds is 7. The molecule has 6 heteroatoms. The minimum Gasteiger partial charge on any atom is -0.493 e. The summed E-state index contributed by atoms with van der Waals surface area (Å²) in [7, 11) is 4.91. The first-order valence-electron chi connectivity index (χ1n) is 11.1. The standard InChI is InChI=1S/C25H31NO5/c1-29-14-6-13-26-17-7-4-9-19(27)24(17)23(25-18(26)8-5-10-20(25)28)16-11-12-21(30-2)22(15-16)31-3/h11-12,15,23H,4-10,13-14H2,1-3H3. The molecule has 0 saturated carbocycles. The van der Waals surface area contributed by atoms with Crippen molar-refractivity contribution in [3.05, 3.63) is 46.3 Å². The molecule has 2 aliphatic carbocycles. The van der Waals surface area contributed by atoms with E-state index in [1.54, 1.807) is 21.3 Å². The molecule has 1 aromatic rings. The fourth-order valence-corrected chi connectivity index (χ4v) is 5.22. The topological polar surface area (TPSA) is 65.1 Å². The SMILES string of the molecule is COCCCN1C2=C(C(=O)CCC2)C(c2ccc(OC)c(OC)c2)C2=C1CCCC2=O. The molecule has 1 aromatic carbocycles. The fraction of sp³-hybridized carbons (Fsp3) is 0.520. The van der Waals surface area contributed by atoms with Crippen LogP contribution in [0.15, 0.2) is 40.7 Å². The van der Waals surface area contributed by atoms with E-state index in [9.17, 15) is 9.59 Å². The van der Waals surface area contributed by atoms with Gasteiger partial charge >= 0.3 is 0 Å². The first-order chi connectivity index (χ1) is 15.1. The Morgan fingerprint density at radius 3 is 2.03 bits per heavy atom. The summed E-state index contributed by atoms with van der Waals surface area (Å²) in [6.45, 7) is 1.42. The zero-order chi connectivity index (χ0) is 22.0. The van der Waals surface area contributed by atoms with Gasteiger partial charge in [0.15, 0.2) is 23.1 Å². The average molecular weight is 426 g/mol. The molecule has 0 unspecified atom stereocenters. The van der Waals surface area contributed by atoms with Crippen LogP contribution in [0.5, 0.6) is 11.5 Å². The van der Waals surface area contributed by atoms with Gasteiger partial charge in [-0.05, 0) is 49.8 Å². The lowest BCUT2D eigenvalue weighted by Gasteiger charge is -2.44. The van der Waals surface area contributed by atoms with Crippen molar-refractivity contribution in [2.75, 3.05) is 34.5 Å². The van der Waals surface area contributed by atoms with Crippen molar-refractivity contribution in [2.24, 2.45) is 0 Å². The van der Waals surface area contributed by atoms with Gasteiger partial charge in [0.05, 0.1) is 14.2 Å². The Kier molecular flexibility index (Phi) is 6.46. The number of allylic oxidation sites excluding steroid dienone is 4. The molecular weight excluding hydrogens is 394 g/mol. The highest BCUT2D eigenvalue weighted by Crippen LogP contribution is 2.50. The molecule has 0 N–H and O–H groups in total. The summed E-state index contributed by atoms with van der Waals surface area (Å²) in [6.07, 6.45) is 5.36. The fourth-order valence-electron chi connectivity index (χ4n) is 5.22. The van der Waals surface area contributed by atoms with Gasteiger partial charge in [0, 0.05) is 61.6 Å². The van der Waals surface area contributed by atoms with Crippen LogP contribution < -0.4 is 9.47 Å². The van der Waals surface area contributed by atoms with E-state index in [2.05, 4.69) is 4.90 Å². The first kappa shape index (κ1) is 21.6. The van der Waals surface area contributed by atoms with E-state index in [0.29, 0.717) is 30.9 Å². The van der Waals surface area contributed by atoms with Crippen LogP contribution in [0.3, 0.4) is 0 Å². The van der Waals surface area contributed by atoms with Gasteiger partial charge in [-0.3, -0.25) is 9.59 Å².